The van der Waals surface area contributed by atoms with Crippen LogP contribution in [0.4, 0.5) is 0 Å². The van der Waals surface area contributed by atoms with Crippen LogP contribution < -0.4 is 14.8 Å². The second-order valence-corrected chi connectivity index (χ2v) is 7.80. The first-order valence-corrected chi connectivity index (χ1v) is 10.7. The number of rotatable bonds is 9. The second kappa shape index (κ2) is 11.5. The van der Waals surface area contributed by atoms with Crippen LogP contribution >= 0.6 is 0 Å². The topological polar surface area (TPSA) is 60.0 Å². The van der Waals surface area contributed by atoms with Gasteiger partial charge in [-0.25, -0.2) is 0 Å². The maximum atomic E-state index is 12.7. The molecule has 0 aromatic heterocycles. The van der Waals surface area contributed by atoms with Gasteiger partial charge >= 0.3 is 0 Å². The Bertz CT molecular complexity index is 861. The number of amides is 1. The van der Waals surface area contributed by atoms with Crippen LogP contribution in [0.15, 0.2) is 54.6 Å². The lowest BCUT2D eigenvalue weighted by Gasteiger charge is -2.31. The van der Waals surface area contributed by atoms with E-state index in [1.54, 1.807) is 19.3 Å². The monoisotopic (exact) mass is 424 g/mol. The first-order chi connectivity index (χ1) is 15.0. The molecular weight excluding hydrogens is 392 g/mol. The average Bonchev–Trinajstić information content (AvgIpc) is 2.79. The first-order valence-electron chi connectivity index (χ1n) is 10.7. The fourth-order valence-electron chi connectivity index (χ4n) is 3.49. The van der Waals surface area contributed by atoms with E-state index < -0.39 is 0 Å². The van der Waals surface area contributed by atoms with Gasteiger partial charge in [0, 0.05) is 25.7 Å². The SMILES string of the molecule is COc1cc(/C=C/C(=O)N[C@H](CN2CCOCC2)c2ccccc2)ccc1OC(C)C. The van der Waals surface area contributed by atoms with Gasteiger partial charge in [0.25, 0.3) is 0 Å². The third kappa shape index (κ3) is 7.12. The summed E-state index contributed by atoms with van der Waals surface area (Å²) in [7, 11) is 1.61. The number of ether oxygens (including phenoxy) is 3. The summed E-state index contributed by atoms with van der Waals surface area (Å²) in [5.41, 5.74) is 1.96. The van der Waals surface area contributed by atoms with Gasteiger partial charge < -0.3 is 19.5 Å². The minimum absolute atomic E-state index is 0.0578. The van der Waals surface area contributed by atoms with E-state index in [9.17, 15) is 4.79 Å². The predicted octanol–water partition coefficient (Wildman–Crippen LogP) is 3.69. The normalized spacial score (nSPS) is 15.7. The van der Waals surface area contributed by atoms with Crippen molar-refractivity contribution in [3.8, 4) is 11.5 Å². The van der Waals surface area contributed by atoms with Crippen molar-refractivity contribution in [3.05, 3.63) is 65.7 Å². The van der Waals surface area contributed by atoms with E-state index in [4.69, 9.17) is 14.2 Å². The molecule has 3 rings (SSSR count). The van der Waals surface area contributed by atoms with Crippen LogP contribution in [0.2, 0.25) is 0 Å². The summed E-state index contributed by atoms with van der Waals surface area (Å²) in [6, 6.07) is 15.6. The molecule has 1 aliphatic heterocycles. The minimum Gasteiger partial charge on any atom is -0.493 e. The summed E-state index contributed by atoms with van der Waals surface area (Å²) < 4.78 is 16.6. The number of hydrogen-bond acceptors (Lipinski definition) is 5. The number of nitrogens with one attached hydrogen (secondary N) is 1. The molecule has 0 saturated carbocycles. The van der Waals surface area contributed by atoms with Crippen LogP contribution in [0, 0.1) is 0 Å². The van der Waals surface area contributed by atoms with Crippen molar-refractivity contribution in [1.82, 2.24) is 10.2 Å². The predicted molar refractivity (Wildman–Crippen MR) is 122 cm³/mol. The van der Waals surface area contributed by atoms with E-state index >= 15 is 0 Å². The summed E-state index contributed by atoms with van der Waals surface area (Å²) in [6.07, 6.45) is 3.41. The number of nitrogens with zero attached hydrogens (tertiary/aromatic N) is 1. The molecular formula is C25H32N2O4. The molecule has 1 N–H and O–H groups in total. The maximum absolute atomic E-state index is 12.7. The average molecular weight is 425 g/mol. The van der Waals surface area contributed by atoms with Gasteiger partial charge in [-0.3, -0.25) is 9.69 Å². The lowest BCUT2D eigenvalue weighted by molar-refractivity contribution is -0.117. The van der Waals surface area contributed by atoms with Gasteiger partial charge in [0.1, 0.15) is 0 Å². The molecule has 166 valence electrons. The molecule has 6 heteroatoms. The smallest absolute Gasteiger partial charge is 0.244 e. The van der Waals surface area contributed by atoms with Gasteiger partial charge in [0.15, 0.2) is 11.5 Å². The van der Waals surface area contributed by atoms with Crippen LogP contribution in [0.5, 0.6) is 11.5 Å². The molecule has 2 aromatic carbocycles. The van der Waals surface area contributed by atoms with Crippen LogP contribution in [-0.4, -0.2) is 56.9 Å². The molecule has 2 aromatic rings. The molecule has 0 bridgehead atoms. The summed E-state index contributed by atoms with van der Waals surface area (Å²) in [5, 5.41) is 3.15. The minimum atomic E-state index is -0.136. The van der Waals surface area contributed by atoms with Gasteiger partial charge in [-0.2, -0.15) is 0 Å². The van der Waals surface area contributed by atoms with Crippen LogP contribution in [0.25, 0.3) is 6.08 Å². The Morgan fingerprint density at radius 3 is 2.55 bits per heavy atom. The Labute approximate surface area is 184 Å². The Morgan fingerprint density at radius 1 is 1.13 bits per heavy atom. The lowest BCUT2D eigenvalue weighted by Crippen LogP contribution is -2.42. The zero-order chi connectivity index (χ0) is 22.1. The van der Waals surface area contributed by atoms with Crippen LogP contribution in [0.3, 0.4) is 0 Å². The highest BCUT2D eigenvalue weighted by Crippen LogP contribution is 2.29. The molecule has 0 unspecified atom stereocenters. The Hall–Kier alpha value is -2.83. The molecule has 1 heterocycles. The Morgan fingerprint density at radius 2 is 1.87 bits per heavy atom. The molecule has 1 fully saturated rings. The van der Waals surface area contributed by atoms with Crippen molar-refractivity contribution in [3.63, 3.8) is 0 Å². The lowest BCUT2D eigenvalue weighted by atomic mass is 10.1. The Kier molecular flexibility index (Phi) is 8.50. The summed E-state index contributed by atoms with van der Waals surface area (Å²) in [4.78, 5) is 15.0. The van der Waals surface area contributed by atoms with Crippen molar-refractivity contribution < 1.29 is 19.0 Å². The number of benzene rings is 2. The van der Waals surface area contributed by atoms with Gasteiger partial charge in [0.05, 0.1) is 32.5 Å². The standard InChI is InChI=1S/C25H32N2O4/c1-19(2)31-23-11-9-20(17-24(23)29-3)10-12-25(28)26-22(21-7-5-4-6-8-21)18-27-13-15-30-16-14-27/h4-12,17,19,22H,13-16,18H2,1-3H3,(H,26,28)/b12-10+/t22-/m1/s1. The molecule has 1 saturated heterocycles. The number of carbonyl (C=O) groups excluding carboxylic acids is 1. The summed E-state index contributed by atoms with van der Waals surface area (Å²) in [6.45, 7) is 7.90. The number of hydrogen-bond donors (Lipinski definition) is 1. The number of carbonyl (C=O) groups is 1. The van der Waals surface area contributed by atoms with Gasteiger partial charge in [-0.1, -0.05) is 36.4 Å². The molecule has 1 atom stereocenters. The van der Waals surface area contributed by atoms with Gasteiger partial charge in [-0.15, -0.1) is 0 Å². The molecule has 0 radical (unpaired) electrons. The summed E-state index contributed by atoms with van der Waals surface area (Å²) >= 11 is 0. The van der Waals surface area contributed by atoms with Crippen molar-refractivity contribution in [2.45, 2.75) is 26.0 Å². The number of morpholine rings is 1. The van der Waals surface area contributed by atoms with Crippen LogP contribution in [-0.2, 0) is 9.53 Å². The zero-order valence-electron chi connectivity index (χ0n) is 18.5. The van der Waals surface area contributed by atoms with E-state index in [-0.39, 0.29) is 18.1 Å². The molecule has 1 aliphatic rings. The van der Waals surface area contributed by atoms with Crippen molar-refractivity contribution in [2.24, 2.45) is 0 Å². The van der Waals surface area contributed by atoms with Crippen LogP contribution in [0.1, 0.15) is 31.0 Å². The van der Waals surface area contributed by atoms with Crippen molar-refractivity contribution in [2.75, 3.05) is 40.0 Å². The van der Waals surface area contributed by atoms with E-state index in [0.29, 0.717) is 11.5 Å². The second-order valence-electron chi connectivity index (χ2n) is 7.80. The largest absolute Gasteiger partial charge is 0.493 e. The van der Waals surface area contributed by atoms with Crippen molar-refractivity contribution >= 4 is 12.0 Å². The quantitative estimate of drug-likeness (QED) is 0.622. The summed E-state index contributed by atoms with van der Waals surface area (Å²) in [5.74, 6) is 1.20. The third-order valence-corrected chi connectivity index (χ3v) is 5.04. The van der Waals surface area contributed by atoms with E-state index in [1.807, 2.05) is 62.4 Å². The molecule has 0 spiro atoms. The highest BCUT2D eigenvalue weighted by atomic mass is 16.5. The molecule has 1 amide bonds. The fraction of sp³-hybridized carbons (Fsp3) is 0.400. The first kappa shape index (κ1) is 22.8. The molecule has 31 heavy (non-hydrogen) atoms. The molecule has 0 aliphatic carbocycles. The van der Waals surface area contributed by atoms with Gasteiger partial charge in [-0.05, 0) is 43.2 Å². The number of methoxy groups -OCH3 is 1. The highest BCUT2D eigenvalue weighted by molar-refractivity contribution is 5.92. The van der Waals surface area contributed by atoms with E-state index in [2.05, 4.69) is 10.2 Å². The van der Waals surface area contributed by atoms with E-state index in [1.165, 1.54) is 0 Å². The highest BCUT2D eigenvalue weighted by Gasteiger charge is 2.19. The van der Waals surface area contributed by atoms with E-state index in [0.717, 1.165) is 44.0 Å². The maximum Gasteiger partial charge on any atom is 0.244 e. The van der Waals surface area contributed by atoms with Gasteiger partial charge in [0.2, 0.25) is 5.91 Å². The molecule has 6 nitrogen and oxygen atoms in total. The van der Waals surface area contributed by atoms with Crippen molar-refractivity contribution in [1.29, 1.82) is 0 Å². The fourth-order valence-corrected chi connectivity index (χ4v) is 3.49. The third-order valence-electron chi connectivity index (χ3n) is 5.04. The zero-order valence-corrected chi connectivity index (χ0v) is 18.5. The Balaban J connectivity index is 1.67.